The van der Waals surface area contributed by atoms with Crippen molar-refractivity contribution in [3.05, 3.63) is 0 Å². The predicted molar refractivity (Wildman–Crippen MR) is 73.1 cm³/mol. The van der Waals surface area contributed by atoms with E-state index in [1.54, 1.807) is 0 Å². The molecule has 0 radical (unpaired) electrons. The zero-order chi connectivity index (χ0) is 13.1. The number of ketones is 1. The highest BCUT2D eigenvalue weighted by atomic mass is 16.1. The Balaban J connectivity index is 2.39. The minimum Gasteiger partial charge on any atom is -0.298 e. The van der Waals surface area contributed by atoms with Crippen LogP contribution in [-0.4, -0.2) is 30.3 Å². The maximum Gasteiger partial charge on any atom is 0.152 e. The minimum absolute atomic E-state index is 0.200. The Hall–Kier alpha value is -0.370. The maximum absolute atomic E-state index is 12.0. The third-order valence-electron chi connectivity index (χ3n) is 4.25. The number of likely N-dealkylation sites (N-methyl/N-ethyl adjacent to an activating group) is 1. The van der Waals surface area contributed by atoms with Crippen LogP contribution in [0, 0.1) is 11.3 Å². The van der Waals surface area contributed by atoms with E-state index in [0.29, 0.717) is 18.4 Å². The van der Waals surface area contributed by atoms with Gasteiger partial charge in [-0.2, -0.15) is 0 Å². The lowest BCUT2D eigenvalue weighted by Gasteiger charge is -2.35. The SMILES string of the molecule is CCC1CCC(N(C)CC(=O)C(C)(C)C)CC1. The van der Waals surface area contributed by atoms with Gasteiger partial charge >= 0.3 is 0 Å². The summed E-state index contributed by atoms with van der Waals surface area (Å²) >= 11 is 0. The average Bonchev–Trinajstić information content (AvgIpc) is 2.27. The fourth-order valence-electron chi connectivity index (χ4n) is 2.59. The molecule has 100 valence electrons. The molecule has 0 unspecified atom stereocenters. The number of Topliss-reactive ketones (excluding diaryl/α,β-unsaturated/α-hetero) is 1. The zero-order valence-electron chi connectivity index (χ0n) is 12.3. The molecule has 0 N–H and O–H groups in total. The highest BCUT2D eigenvalue weighted by Crippen LogP contribution is 2.29. The lowest BCUT2D eigenvalue weighted by atomic mass is 9.83. The van der Waals surface area contributed by atoms with E-state index in [1.165, 1.54) is 32.1 Å². The molecule has 2 nitrogen and oxygen atoms in total. The summed E-state index contributed by atoms with van der Waals surface area (Å²) in [6.07, 6.45) is 6.54. The second-order valence-corrected chi connectivity index (χ2v) is 6.67. The van der Waals surface area contributed by atoms with Crippen molar-refractivity contribution in [1.82, 2.24) is 4.90 Å². The molecular formula is C15H29NO. The van der Waals surface area contributed by atoms with Gasteiger partial charge in [-0.25, -0.2) is 0 Å². The Morgan fingerprint density at radius 3 is 2.12 bits per heavy atom. The molecule has 17 heavy (non-hydrogen) atoms. The van der Waals surface area contributed by atoms with Crippen LogP contribution in [0.5, 0.6) is 0 Å². The molecular weight excluding hydrogens is 210 g/mol. The Morgan fingerprint density at radius 1 is 1.18 bits per heavy atom. The first-order valence-corrected chi connectivity index (χ1v) is 7.08. The molecule has 0 aromatic rings. The molecule has 2 heteroatoms. The van der Waals surface area contributed by atoms with Crippen LogP contribution in [0.3, 0.4) is 0 Å². The average molecular weight is 239 g/mol. The quantitative estimate of drug-likeness (QED) is 0.748. The van der Waals surface area contributed by atoms with Gasteiger partial charge in [-0.3, -0.25) is 9.69 Å². The first-order valence-electron chi connectivity index (χ1n) is 7.08. The van der Waals surface area contributed by atoms with Crippen LogP contribution < -0.4 is 0 Å². The van der Waals surface area contributed by atoms with Gasteiger partial charge in [-0.1, -0.05) is 34.1 Å². The first-order chi connectivity index (χ1) is 7.84. The highest BCUT2D eigenvalue weighted by Gasteiger charge is 2.27. The van der Waals surface area contributed by atoms with E-state index < -0.39 is 0 Å². The number of rotatable bonds is 4. The normalized spacial score (nSPS) is 26.2. The molecule has 1 saturated carbocycles. The monoisotopic (exact) mass is 239 g/mol. The van der Waals surface area contributed by atoms with Gasteiger partial charge < -0.3 is 0 Å². The minimum atomic E-state index is -0.200. The number of hydrogen-bond donors (Lipinski definition) is 0. The summed E-state index contributed by atoms with van der Waals surface area (Å²) in [6, 6.07) is 0.629. The van der Waals surface area contributed by atoms with Crippen LogP contribution >= 0.6 is 0 Å². The van der Waals surface area contributed by atoms with E-state index in [-0.39, 0.29) is 5.41 Å². The van der Waals surface area contributed by atoms with Gasteiger partial charge in [0.2, 0.25) is 0 Å². The lowest BCUT2D eigenvalue weighted by molar-refractivity contribution is -0.127. The summed E-state index contributed by atoms with van der Waals surface area (Å²) < 4.78 is 0. The third-order valence-corrected chi connectivity index (χ3v) is 4.25. The molecule has 0 amide bonds. The number of carbonyl (C=O) groups excluding carboxylic acids is 1. The predicted octanol–water partition coefficient (Wildman–Crippen LogP) is 3.50. The molecule has 1 fully saturated rings. The van der Waals surface area contributed by atoms with E-state index in [9.17, 15) is 4.79 Å². The van der Waals surface area contributed by atoms with E-state index in [0.717, 1.165) is 5.92 Å². The first kappa shape index (κ1) is 14.7. The molecule has 0 aliphatic heterocycles. The van der Waals surface area contributed by atoms with Gasteiger partial charge in [0.1, 0.15) is 0 Å². The van der Waals surface area contributed by atoms with Gasteiger partial charge in [-0.15, -0.1) is 0 Å². The summed E-state index contributed by atoms with van der Waals surface area (Å²) in [4.78, 5) is 14.3. The van der Waals surface area contributed by atoms with Crippen molar-refractivity contribution in [2.75, 3.05) is 13.6 Å². The Morgan fingerprint density at radius 2 is 1.71 bits per heavy atom. The summed E-state index contributed by atoms with van der Waals surface area (Å²) in [5.74, 6) is 1.29. The second-order valence-electron chi connectivity index (χ2n) is 6.67. The van der Waals surface area contributed by atoms with Gasteiger partial charge in [0, 0.05) is 11.5 Å². The molecule has 0 atom stereocenters. The molecule has 0 spiro atoms. The summed E-state index contributed by atoms with van der Waals surface area (Å²) in [7, 11) is 2.11. The highest BCUT2D eigenvalue weighted by molar-refractivity contribution is 5.85. The van der Waals surface area contributed by atoms with Crippen LogP contribution in [0.15, 0.2) is 0 Å². The third kappa shape index (κ3) is 4.42. The van der Waals surface area contributed by atoms with Crippen molar-refractivity contribution >= 4 is 5.78 Å². The van der Waals surface area contributed by atoms with Crippen LogP contribution in [0.1, 0.15) is 59.8 Å². The lowest BCUT2D eigenvalue weighted by Crippen LogP contribution is -2.41. The molecule has 0 aromatic heterocycles. The molecule has 0 saturated heterocycles. The molecule has 1 aliphatic rings. The van der Waals surface area contributed by atoms with Crippen molar-refractivity contribution in [2.45, 2.75) is 65.8 Å². The number of carbonyl (C=O) groups is 1. The Bertz CT molecular complexity index is 246. The van der Waals surface area contributed by atoms with Gasteiger partial charge in [-0.05, 0) is 38.6 Å². The summed E-state index contributed by atoms with van der Waals surface area (Å²) in [5.41, 5.74) is -0.200. The standard InChI is InChI=1S/C15H29NO/c1-6-12-7-9-13(10-8-12)16(5)11-14(17)15(2,3)4/h12-13H,6-11H2,1-5H3. The number of hydrogen-bond acceptors (Lipinski definition) is 2. The van der Waals surface area contributed by atoms with Crippen LogP contribution in [0.25, 0.3) is 0 Å². The van der Waals surface area contributed by atoms with E-state index in [4.69, 9.17) is 0 Å². The molecule has 0 heterocycles. The van der Waals surface area contributed by atoms with Crippen LogP contribution in [-0.2, 0) is 4.79 Å². The largest absolute Gasteiger partial charge is 0.298 e. The molecule has 0 bridgehead atoms. The fourth-order valence-corrected chi connectivity index (χ4v) is 2.59. The van der Waals surface area contributed by atoms with Crippen molar-refractivity contribution in [1.29, 1.82) is 0 Å². The van der Waals surface area contributed by atoms with E-state index >= 15 is 0 Å². The van der Waals surface area contributed by atoms with Crippen LogP contribution in [0.2, 0.25) is 0 Å². The summed E-state index contributed by atoms with van der Waals surface area (Å²) in [6.45, 7) is 8.94. The molecule has 1 aliphatic carbocycles. The zero-order valence-corrected chi connectivity index (χ0v) is 12.3. The van der Waals surface area contributed by atoms with Gasteiger partial charge in [0.15, 0.2) is 5.78 Å². The second kappa shape index (κ2) is 5.99. The topological polar surface area (TPSA) is 20.3 Å². The molecule has 1 rings (SSSR count). The smallest absolute Gasteiger partial charge is 0.152 e. The van der Waals surface area contributed by atoms with Crippen molar-refractivity contribution < 1.29 is 4.79 Å². The van der Waals surface area contributed by atoms with Gasteiger partial charge in [0.25, 0.3) is 0 Å². The maximum atomic E-state index is 12.0. The number of nitrogens with zero attached hydrogens (tertiary/aromatic N) is 1. The Labute approximate surface area is 107 Å². The van der Waals surface area contributed by atoms with Crippen molar-refractivity contribution in [2.24, 2.45) is 11.3 Å². The van der Waals surface area contributed by atoms with E-state index in [1.807, 2.05) is 20.8 Å². The van der Waals surface area contributed by atoms with Crippen LogP contribution in [0.4, 0.5) is 0 Å². The van der Waals surface area contributed by atoms with Crippen molar-refractivity contribution in [3.8, 4) is 0 Å². The van der Waals surface area contributed by atoms with Crippen molar-refractivity contribution in [3.63, 3.8) is 0 Å². The summed E-state index contributed by atoms with van der Waals surface area (Å²) in [5, 5.41) is 0. The Kier molecular flexibility index (Phi) is 5.18. The fraction of sp³-hybridized carbons (Fsp3) is 0.933. The van der Waals surface area contributed by atoms with E-state index in [2.05, 4.69) is 18.9 Å². The molecule has 0 aromatic carbocycles. The van der Waals surface area contributed by atoms with Gasteiger partial charge in [0.05, 0.1) is 6.54 Å².